The van der Waals surface area contributed by atoms with Crippen molar-refractivity contribution in [1.82, 2.24) is 0 Å². The monoisotopic (exact) mass is 250 g/mol. The smallest absolute Gasteiger partial charge is 0.128 e. The third-order valence-electron chi connectivity index (χ3n) is 4.16. The van der Waals surface area contributed by atoms with Gasteiger partial charge in [-0.3, -0.25) is 0 Å². The summed E-state index contributed by atoms with van der Waals surface area (Å²) in [5.74, 6) is 1.30. The first-order chi connectivity index (χ1) is 8.63. The molecule has 0 aliphatic carbocycles. The lowest BCUT2D eigenvalue weighted by Gasteiger charge is -2.37. The van der Waals surface area contributed by atoms with Crippen LogP contribution in [0.2, 0.25) is 0 Å². The lowest BCUT2D eigenvalue weighted by molar-refractivity contribution is 0.323. The molecule has 1 saturated heterocycles. The second-order valence-corrected chi connectivity index (χ2v) is 5.47. The molecule has 1 aromatic rings. The molecule has 0 spiro atoms. The predicted molar refractivity (Wildman–Crippen MR) is 74.3 cm³/mol. The van der Waals surface area contributed by atoms with Gasteiger partial charge in [-0.05, 0) is 43.4 Å². The Morgan fingerprint density at radius 1 is 1.33 bits per heavy atom. The Kier molecular flexibility index (Phi) is 4.23. The number of halogens is 1. The van der Waals surface area contributed by atoms with Gasteiger partial charge < -0.3 is 10.6 Å². The molecule has 2 nitrogen and oxygen atoms in total. The SMILES string of the molecule is CC1CCN(c2cccc(F)c2CCN)CC1C. The summed E-state index contributed by atoms with van der Waals surface area (Å²) in [6.07, 6.45) is 1.79. The minimum absolute atomic E-state index is 0.121. The number of rotatable bonds is 3. The van der Waals surface area contributed by atoms with Crippen molar-refractivity contribution in [1.29, 1.82) is 0 Å². The average molecular weight is 250 g/mol. The van der Waals surface area contributed by atoms with Gasteiger partial charge >= 0.3 is 0 Å². The van der Waals surface area contributed by atoms with Crippen molar-refractivity contribution in [2.45, 2.75) is 26.7 Å². The quantitative estimate of drug-likeness (QED) is 0.894. The van der Waals surface area contributed by atoms with E-state index in [2.05, 4.69) is 18.7 Å². The van der Waals surface area contributed by atoms with E-state index in [0.717, 1.165) is 30.3 Å². The Morgan fingerprint density at radius 3 is 2.78 bits per heavy atom. The van der Waals surface area contributed by atoms with Crippen LogP contribution in [0.25, 0.3) is 0 Å². The topological polar surface area (TPSA) is 29.3 Å². The zero-order valence-corrected chi connectivity index (χ0v) is 11.3. The first-order valence-corrected chi connectivity index (χ1v) is 6.86. The lowest BCUT2D eigenvalue weighted by Crippen LogP contribution is -2.39. The van der Waals surface area contributed by atoms with Crippen molar-refractivity contribution >= 4 is 5.69 Å². The molecule has 1 aliphatic rings. The van der Waals surface area contributed by atoms with Gasteiger partial charge in [0.05, 0.1) is 0 Å². The molecule has 18 heavy (non-hydrogen) atoms. The molecule has 0 bridgehead atoms. The Morgan fingerprint density at radius 2 is 2.11 bits per heavy atom. The minimum Gasteiger partial charge on any atom is -0.371 e. The number of hydrogen-bond acceptors (Lipinski definition) is 2. The van der Waals surface area contributed by atoms with Gasteiger partial charge in [-0.1, -0.05) is 19.9 Å². The highest BCUT2D eigenvalue weighted by atomic mass is 19.1. The molecule has 0 aromatic heterocycles. The molecular formula is C15H23FN2. The van der Waals surface area contributed by atoms with Crippen molar-refractivity contribution in [2.24, 2.45) is 17.6 Å². The van der Waals surface area contributed by atoms with E-state index in [1.807, 2.05) is 6.07 Å². The molecule has 2 atom stereocenters. The maximum absolute atomic E-state index is 13.9. The van der Waals surface area contributed by atoms with Gasteiger partial charge in [0, 0.05) is 24.3 Å². The van der Waals surface area contributed by atoms with Crippen molar-refractivity contribution in [2.75, 3.05) is 24.5 Å². The lowest BCUT2D eigenvalue weighted by atomic mass is 9.88. The van der Waals surface area contributed by atoms with Gasteiger partial charge in [-0.15, -0.1) is 0 Å². The summed E-state index contributed by atoms with van der Waals surface area (Å²) >= 11 is 0. The van der Waals surface area contributed by atoms with Crippen LogP contribution in [0.3, 0.4) is 0 Å². The Balaban J connectivity index is 2.25. The van der Waals surface area contributed by atoms with E-state index < -0.39 is 0 Å². The fourth-order valence-electron chi connectivity index (χ4n) is 2.72. The number of benzene rings is 1. The summed E-state index contributed by atoms with van der Waals surface area (Å²) in [6.45, 7) is 7.11. The summed E-state index contributed by atoms with van der Waals surface area (Å²) in [5, 5.41) is 0. The van der Waals surface area contributed by atoms with E-state index in [1.165, 1.54) is 12.5 Å². The van der Waals surface area contributed by atoms with E-state index in [0.29, 0.717) is 18.9 Å². The van der Waals surface area contributed by atoms with Crippen LogP contribution in [-0.2, 0) is 6.42 Å². The van der Waals surface area contributed by atoms with Crippen LogP contribution < -0.4 is 10.6 Å². The van der Waals surface area contributed by atoms with E-state index in [1.54, 1.807) is 6.07 Å². The fourth-order valence-corrected chi connectivity index (χ4v) is 2.72. The summed E-state index contributed by atoms with van der Waals surface area (Å²) in [7, 11) is 0. The number of nitrogens with two attached hydrogens (primary N) is 1. The zero-order chi connectivity index (χ0) is 13.1. The molecule has 2 rings (SSSR count). The largest absolute Gasteiger partial charge is 0.371 e. The molecule has 1 fully saturated rings. The summed E-state index contributed by atoms with van der Waals surface area (Å²) in [6, 6.07) is 5.36. The average Bonchev–Trinajstić information content (AvgIpc) is 2.35. The molecule has 100 valence electrons. The molecule has 1 aromatic carbocycles. The van der Waals surface area contributed by atoms with Crippen LogP contribution in [0, 0.1) is 17.7 Å². The van der Waals surface area contributed by atoms with E-state index in [4.69, 9.17) is 5.73 Å². The Bertz CT molecular complexity index is 405. The molecule has 0 saturated carbocycles. The second-order valence-electron chi connectivity index (χ2n) is 5.47. The molecule has 1 heterocycles. The Hall–Kier alpha value is -1.09. The molecule has 1 aliphatic heterocycles. The third kappa shape index (κ3) is 2.66. The van der Waals surface area contributed by atoms with Crippen LogP contribution in [0.4, 0.5) is 10.1 Å². The highest BCUT2D eigenvalue weighted by molar-refractivity contribution is 5.54. The van der Waals surface area contributed by atoms with Gasteiger partial charge in [-0.25, -0.2) is 4.39 Å². The fraction of sp³-hybridized carbons (Fsp3) is 0.600. The van der Waals surface area contributed by atoms with Crippen molar-refractivity contribution in [3.8, 4) is 0 Å². The predicted octanol–water partition coefficient (Wildman–Crippen LogP) is 2.81. The molecule has 0 radical (unpaired) electrons. The van der Waals surface area contributed by atoms with Gasteiger partial charge in [0.2, 0.25) is 0 Å². The number of nitrogens with zero attached hydrogens (tertiary/aromatic N) is 1. The zero-order valence-electron chi connectivity index (χ0n) is 11.3. The standard InChI is InChI=1S/C15H23FN2/c1-11-7-9-18(10-12(11)2)15-5-3-4-14(16)13(15)6-8-17/h3-5,11-12H,6-10,17H2,1-2H3. The highest BCUT2D eigenvalue weighted by Crippen LogP contribution is 2.30. The maximum atomic E-state index is 13.9. The first-order valence-electron chi connectivity index (χ1n) is 6.86. The molecular weight excluding hydrogens is 227 g/mol. The molecule has 2 unspecified atom stereocenters. The maximum Gasteiger partial charge on any atom is 0.128 e. The van der Waals surface area contributed by atoms with Crippen molar-refractivity contribution in [3.05, 3.63) is 29.6 Å². The minimum atomic E-state index is -0.121. The number of piperidine rings is 1. The van der Waals surface area contributed by atoms with Crippen LogP contribution in [0.15, 0.2) is 18.2 Å². The van der Waals surface area contributed by atoms with E-state index in [9.17, 15) is 4.39 Å². The van der Waals surface area contributed by atoms with Crippen LogP contribution in [0.5, 0.6) is 0 Å². The second kappa shape index (κ2) is 5.70. The highest BCUT2D eigenvalue weighted by Gasteiger charge is 2.24. The van der Waals surface area contributed by atoms with Crippen LogP contribution in [0.1, 0.15) is 25.8 Å². The third-order valence-corrected chi connectivity index (χ3v) is 4.16. The van der Waals surface area contributed by atoms with E-state index >= 15 is 0 Å². The Labute approximate surface area is 109 Å². The van der Waals surface area contributed by atoms with E-state index in [-0.39, 0.29) is 5.82 Å². The van der Waals surface area contributed by atoms with Gasteiger partial charge in [0.15, 0.2) is 0 Å². The van der Waals surface area contributed by atoms with Crippen LogP contribution in [-0.4, -0.2) is 19.6 Å². The summed E-state index contributed by atoms with van der Waals surface area (Å²) < 4.78 is 13.9. The summed E-state index contributed by atoms with van der Waals surface area (Å²) in [5.41, 5.74) is 7.41. The van der Waals surface area contributed by atoms with Gasteiger partial charge in [-0.2, -0.15) is 0 Å². The summed E-state index contributed by atoms with van der Waals surface area (Å²) in [4.78, 5) is 2.32. The van der Waals surface area contributed by atoms with Crippen LogP contribution >= 0.6 is 0 Å². The number of anilines is 1. The van der Waals surface area contributed by atoms with Gasteiger partial charge in [0.1, 0.15) is 5.82 Å². The van der Waals surface area contributed by atoms with Gasteiger partial charge in [0.25, 0.3) is 0 Å². The first kappa shape index (κ1) is 13.3. The molecule has 0 amide bonds. The molecule has 3 heteroatoms. The normalized spacial score (nSPS) is 24.3. The van der Waals surface area contributed by atoms with Crippen molar-refractivity contribution in [3.63, 3.8) is 0 Å². The molecule has 2 N–H and O–H groups in total. The van der Waals surface area contributed by atoms with Crippen molar-refractivity contribution < 1.29 is 4.39 Å². The number of hydrogen-bond donors (Lipinski definition) is 1.